The average molecular weight is 468 g/mol. The van der Waals surface area contributed by atoms with Crippen LogP contribution in [0.25, 0.3) is 11.6 Å². The van der Waals surface area contributed by atoms with Gasteiger partial charge in [0.1, 0.15) is 5.75 Å². The van der Waals surface area contributed by atoms with Gasteiger partial charge in [-0.25, -0.2) is 0 Å². The van der Waals surface area contributed by atoms with Crippen molar-refractivity contribution in [2.45, 2.75) is 31.7 Å². The Balaban J connectivity index is 1.33. The maximum atomic E-state index is 13.0. The number of hydrogen-bond acceptors (Lipinski definition) is 4. The standard InChI is InChI=1S/C29H29N3O3/c30-26-3-1-2-4-27(26)32-28(33)22-9-7-19(8-10-22)17-25(29(34)31-23-13-14-23)21-11-15-24(16-12-21)35-18-20-5-6-20/h1-4,7-12,15-17,20,23H,5-6,13-14,18,30H2,(H,31,34)(H,32,33). The van der Waals surface area contributed by atoms with Gasteiger partial charge in [0, 0.05) is 17.2 Å². The van der Waals surface area contributed by atoms with Gasteiger partial charge in [-0.15, -0.1) is 0 Å². The minimum absolute atomic E-state index is 0.0967. The summed E-state index contributed by atoms with van der Waals surface area (Å²) in [6, 6.07) is 22.2. The van der Waals surface area contributed by atoms with Gasteiger partial charge in [0.25, 0.3) is 11.8 Å². The lowest BCUT2D eigenvalue weighted by atomic mass is 10.0. The number of hydrogen-bond donors (Lipinski definition) is 3. The topological polar surface area (TPSA) is 93.5 Å². The molecule has 6 nitrogen and oxygen atoms in total. The Labute approximate surface area is 205 Å². The summed E-state index contributed by atoms with van der Waals surface area (Å²) in [4.78, 5) is 25.7. The molecule has 0 aliphatic heterocycles. The largest absolute Gasteiger partial charge is 0.493 e. The summed E-state index contributed by atoms with van der Waals surface area (Å²) in [6.07, 6.45) is 6.38. The quantitative estimate of drug-likeness (QED) is 0.231. The van der Waals surface area contributed by atoms with Gasteiger partial charge in [-0.1, -0.05) is 36.4 Å². The molecule has 0 unspecified atom stereocenters. The van der Waals surface area contributed by atoms with Crippen LogP contribution in [0.3, 0.4) is 0 Å². The van der Waals surface area contributed by atoms with Crippen molar-refractivity contribution in [3.63, 3.8) is 0 Å². The molecule has 4 N–H and O–H groups in total. The molecule has 3 aromatic carbocycles. The van der Waals surface area contributed by atoms with Crippen LogP contribution in [-0.2, 0) is 4.79 Å². The van der Waals surface area contributed by atoms with E-state index in [1.807, 2.05) is 54.6 Å². The molecular weight excluding hydrogens is 438 g/mol. The van der Waals surface area contributed by atoms with Crippen LogP contribution in [0.2, 0.25) is 0 Å². The maximum absolute atomic E-state index is 13.0. The minimum atomic E-state index is -0.244. The SMILES string of the molecule is Nc1ccccc1NC(=O)c1ccc(C=C(C(=O)NC2CC2)c2ccc(OCC3CC3)cc2)cc1. The summed E-state index contributed by atoms with van der Waals surface area (Å²) in [5.41, 5.74) is 9.75. The highest BCUT2D eigenvalue weighted by molar-refractivity contribution is 6.24. The lowest BCUT2D eigenvalue weighted by molar-refractivity contribution is -0.115. The number of para-hydroxylation sites is 2. The van der Waals surface area contributed by atoms with E-state index in [9.17, 15) is 9.59 Å². The Morgan fingerprint density at radius 2 is 1.57 bits per heavy atom. The number of nitrogen functional groups attached to an aromatic ring is 1. The van der Waals surface area contributed by atoms with Crippen LogP contribution in [0.15, 0.2) is 72.8 Å². The molecule has 3 aromatic rings. The lowest BCUT2D eigenvalue weighted by Crippen LogP contribution is -2.26. The van der Waals surface area contributed by atoms with Crippen molar-refractivity contribution in [3.8, 4) is 5.75 Å². The second-order valence-electron chi connectivity index (χ2n) is 9.25. The molecule has 2 amide bonds. The Bertz CT molecular complexity index is 1240. The number of carbonyl (C=O) groups is 2. The van der Waals surface area contributed by atoms with E-state index in [1.165, 1.54) is 12.8 Å². The van der Waals surface area contributed by atoms with Crippen LogP contribution in [0.5, 0.6) is 5.75 Å². The van der Waals surface area contributed by atoms with Crippen LogP contribution in [-0.4, -0.2) is 24.5 Å². The van der Waals surface area contributed by atoms with Crippen LogP contribution in [0, 0.1) is 5.92 Å². The number of anilines is 2. The summed E-state index contributed by atoms with van der Waals surface area (Å²) >= 11 is 0. The third-order valence-electron chi connectivity index (χ3n) is 6.20. The molecule has 2 saturated carbocycles. The number of nitrogens with one attached hydrogen (secondary N) is 2. The molecule has 0 bridgehead atoms. The van der Waals surface area contributed by atoms with Crippen LogP contribution in [0.4, 0.5) is 11.4 Å². The zero-order chi connectivity index (χ0) is 24.2. The zero-order valence-corrected chi connectivity index (χ0v) is 19.5. The predicted molar refractivity (Wildman–Crippen MR) is 139 cm³/mol. The second kappa shape index (κ2) is 10.1. The molecule has 0 spiro atoms. The first kappa shape index (κ1) is 22.7. The van der Waals surface area contributed by atoms with Crippen molar-refractivity contribution in [3.05, 3.63) is 89.5 Å². The Morgan fingerprint density at radius 3 is 2.23 bits per heavy atom. The molecule has 0 radical (unpaired) electrons. The first-order valence-electron chi connectivity index (χ1n) is 12.1. The molecule has 2 aliphatic carbocycles. The van der Waals surface area contributed by atoms with Crippen molar-refractivity contribution in [2.24, 2.45) is 5.92 Å². The molecule has 2 aliphatic rings. The van der Waals surface area contributed by atoms with Crippen LogP contribution < -0.4 is 21.1 Å². The van der Waals surface area contributed by atoms with Gasteiger partial charge in [-0.2, -0.15) is 0 Å². The van der Waals surface area contributed by atoms with Gasteiger partial charge in [0.2, 0.25) is 0 Å². The van der Waals surface area contributed by atoms with Gasteiger partial charge >= 0.3 is 0 Å². The van der Waals surface area contributed by atoms with Gasteiger partial charge in [-0.05, 0) is 85.2 Å². The van der Waals surface area contributed by atoms with Crippen LogP contribution in [0.1, 0.15) is 47.2 Å². The molecule has 6 heteroatoms. The zero-order valence-electron chi connectivity index (χ0n) is 19.5. The summed E-state index contributed by atoms with van der Waals surface area (Å²) < 4.78 is 5.84. The van der Waals surface area contributed by atoms with Crippen molar-refractivity contribution >= 4 is 34.8 Å². The lowest BCUT2D eigenvalue weighted by Gasteiger charge is -2.11. The van der Waals surface area contributed by atoms with Gasteiger partial charge in [-0.3, -0.25) is 9.59 Å². The first-order valence-corrected chi connectivity index (χ1v) is 12.1. The minimum Gasteiger partial charge on any atom is -0.493 e. The fourth-order valence-electron chi connectivity index (χ4n) is 3.70. The van der Waals surface area contributed by atoms with E-state index in [0.29, 0.717) is 28.4 Å². The van der Waals surface area contributed by atoms with E-state index in [1.54, 1.807) is 24.3 Å². The van der Waals surface area contributed by atoms with Crippen molar-refractivity contribution in [1.29, 1.82) is 0 Å². The Kier molecular flexibility index (Phi) is 6.53. The Hall–Kier alpha value is -4.06. The summed E-state index contributed by atoms with van der Waals surface area (Å²) in [7, 11) is 0. The van der Waals surface area contributed by atoms with Gasteiger partial charge in [0.15, 0.2) is 0 Å². The maximum Gasteiger partial charge on any atom is 0.255 e. The number of benzene rings is 3. The molecule has 5 rings (SSSR count). The predicted octanol–water partition coefficient (Wildman–Crippen LogP) is 5.13. The average Bonchev–Trinajstić information content (AvgIpc) is 3.80. The van der Waals surface area contributed by atoms with Crippen molar-refractivity contribution < 1.29 is 14.3 Å². The fourth-order valence-corrected chi connectivity index (χ4v) is 3.70. The first-order chi connectivity index (χ1) is 17.0. The smallest absolute Gasteiger partial charge is 0.255 e. The summed E-state index contributed by atoms with van der Waals surface area (Å²) in [5, 5.41) is 5.91. The number of carbonyl (C=O) groups excluding carboxylic acids is 2. The van der Waals surface area contributed by atoms with Crippen molar-refractivity contribution in [1.82, 2.24) is 5.32 Å². The highest BCUT2D eigenvalue weighted by Gasteiger charge is 2.25. The normalized spacial score (nSPS) is 15.4. The van der Waals surface area contributed by atoms with E-state index < -0.39 is 0 Å². The van der Waals surface area contributed by atoms with E-state index in [2.05, 4.69) is 10.6 Å². The van der Waals surface area contributed by atoms with E-state index in [0.717, 1.165) is 36.3 Å². The highest BCUT2D eigenvalue weighted by atomic mass is 16.5. The second-order valence-corrected chi connectivity index (χ2v) is 9.25. The van der Waals surface area contributed by atoms with Gasteiger partial charge < -0.3 is 21.1 Å². The molecular formula is C29H29N3O3. The van der Waals surface area contributed by atoms with Crippen LogP contribution >= 0.6 is 0 Å². The summed E-state index contributed by atoms with van der Waals surface area (Å²) in [6.45, 7) is 0.751. The van der Waals surface area contributed by atoms with Gasteiger partial charge in [0.05, 0.1) is 18.0 Å². The number of nitrogens with two attached hydrogens (primary N) is 1. The fraction of sp³-hybridized carbons (Fsp3) is 0.241. The van der Waals surface area contributed by atoms with E-state index >= 15 is 0 Å². The van der Waals surface area contributed by atoms with E-state index in [-0.39, 0.29) is 17.9 Å². The Morgan fingerprint density at radius 1 is 0.886 bits per heavy atom. The van der Waals surface area contributed by atoms with Crippen molar-refractivity contribution in [2.75, 3.05) is 17.7 Å². The molecule has 178 valence electrons. The van der Waals surface area contributed by atoms with E-state index in [4.69, 9.17) is 10.5 Å². The highest BCUT2D eigenvalue weighted by Crippen LogP contribution is 2.30. The number of rotatable bonds is 9. The third-order valence-corrected chi connectivity index (χ3v) is 6.20. The monoisotopic (exact) mass is 467 g/mol. The number of ether oxygens (including phenoxy) is 1. The third kappa shape index (κ3) is 6.09. The summed E-state index contributed by atoms with van der Waals surface area (Å²) in [5.74, 6) is 1.16. The molecule has 2 fully saturated rings. The molecule has 0 aromatic heterocycles. The molecule has 0 saturated heterocycles. The molecule has 0 atom stereocenters. The molecule has 0 heterocycles. The number of amides is 2. The molecule has 35 heavy (non-hydrogen) atoms.